The number of pyridine rings is 1. The Kier molecular flexibility index (Phi) is 4.37. The van der Waals surface area contributed by atoms with E-state index in [0.29, 0.717) is 17.3 Å². The zero-order valence-electron chi connectivity index (χ0n) is 12.5. The number of likely N-dealkylation sites (tertiary alicyclic amines) is 1. The van der Waals surface area contributed by atoms with E-state index in [1.54, 1.807) is 13.2 Å². The Hall–Kier alpha value is -1.10. The van der Waals surface area contributed by atoms with Gasteiger partial charge in [-0.25, -0.2) is 4.98 Å². The van der Waals surface area contributed by atoms with Gasteiger partial charge in [-0.2, -0.15) is 0 Å². The van der Waals surface area contributed by atoms with Crippen molar-refractivity contribution in [3.63, 3.8) is 0 Å². The van der Waals surface area contributed by atoms with E-state index in [4.69, 9.17) is 0 Å². The number of hydrogen-bond donors (Lipinski definition) is 1. The Morgan fingerprint density at radius 1 is 1.50 bits per heavy atom. The molecule has 2 rings (SSSR count). The number of anilines is 1. The maximum atomic E-state index is 12.7. The summed E-state index contributed by atoms with van der Waals surface area (Å²) >= 11 is 3.38. The molecule has 1 amide bonds. The Bertz CT molecular complexity index is 510. The second-order valence-electron chi connectivity index (χ2n) is 6.40. The maximum Gasteiger partial charge on any atom is 0.257 e. The monoisotopic (exact) mass is 339 g/mol. The number of halogens is 1. The second-order valence-corrected chi connectivity index (χ2v) is 7.32. The van der Waals surface area contributed by atoms with Crippen molar-refractivity contribution < 1.29 is 4.79 Å². The van der Waals surface area contributed by atoms with E-state index in [-0.39, 0.29) is 11.3 Å². The van der Waals surface area contributed by atoms with Gasteiger partial charge in [0, 0.05) is 30.8 Å². The lowest BCUT2D eigenvalue weighted by molar-refractivity contribution is 0.0777. The normalized spacial score (nSPS) is 19.2. The zero-order chi connectivity index (χ0) is 14.9. The van der Waals surface area contributed by atoms with Gasteiger partial charge in [0.1, 0.15) is 5.82 Å². The summed E-state index contributed by atoms with van der Waals surface area (Å²) in [5.41, 5.74) is 0.882. The van der Waals surface area contributed by atoms with Crippen molar-refractivity contribution in [3.05, 3.63) is 22.3 Å². The van der Waals surface area contributed by atoms with Gasteiger partial charge >= 0.3 is 0 Å². The van der Waals surface area contributed by atoms with Crippen molar-refractivity contribution in [1.82, 2.24) is 9.88 Å². The number of hydrogen-bond acceptors (Lipinski definition) is 3. The van der Waals surface area contributed by atoms with Gasteiger partial charge < -0.3 is 10.2 Å². The van der Waals surface area contributed by atoms with Crippen LogP contribution in [0, 0.1) is 11.3 Å². The molecule has 0 bridgehead atoms. The molecule has 5 heteroatoms. The molecular weight excluding hydrogens is 318 g/mol. The van der Waals surface area contributed by atoms with Crippen molar-refractivity contribution in [1.29, 1.82) is 0 Å². The first-order chi connectivity index (χ1) is 9.32. The van der Waals surface area contributed by atoms with Gasteiger partial charge in [-0.3, -0.25) is 4.79 Å². The predicted octanol–water partition coefficient (Wildman–Crippen LogP) is 3.39. The van der Waals surface area contributed by atoms with Crippen LogP contribution < -0.4 is 5.32 Å². The quantitative estimate of drug-likeness (QED) is 0.898. The predicted molar refractivity (Wildman–Crippen MR) is 84.9 cm³/mol. The summed E-state index contributed by atoms with van der Waals surface area (Å²) < 4.78 is 0.825. The second kappa shape index (κ2) is 5.72. The Morgan fingerprint density at radius 2 is 2.20 bits per heavy atom. The van der Waals surface area contributed by atoms with Crippen molar-refractivity contribution in [2.24, 2.45) is 11.3 Å². The van der Waals surface area contributed by atoms with Crippen molar-refractivity contribution in [3.8, 4) is 0 Å². The lowest BCUT2D eigenvalue weighted by Gasteiger charge is -2.27. The summed E-state index contributed by atoms with van der Waals surface area (Å²) in [6.45, 7) is 8.39. The SMILES string of the molecule is CNc1ncc(Br)cc1C(=O)N1CCC(C(C)(C)C)C1. The first-order valence-electron chi connectivity index (χ1n) is 6.95. The summed E-state index contributed by atoms with van der Waals surface area (Å²) in [7, 11) is 1.79. The maximum absolute atomic E-state index is 12.7. The Labute approximate surface area is 129 Å². The lowest BCUT2D eigenvalue weighted by Crippen LogP contribution is -2.31. The third-order valence-corrected chi connectivity index (χ3v) is 4.46. The van der Waals surface area contributed by atoms with E-state index < -0.39 is 0 Å². The van der Waals surface area contributed by atoms with E-state index in [0.717, 1.165) is 24.0 Å². The molecule has 0 radical (unpaired) electrons. The van der Waals surface area contributed by atoms with Crippen LogP contribution in [0.2, 0.25) is 0 Å². The van der Waals surface area contributed by atoms with Crippen molar-refractivity contribution in [2.45, 2.75) is 27.2 Å². The molecule has 0 aromatic carbocycles. The topological polar surface area (TPSA) is 45.2 Å². The van der Waals surface area contributed by atoms with Crippen LogP contribution in [0.4, 0.5) is 5.82 Å². The first-order valence-corrected chi connectivity index (χ1v) is 7.75. The van der Waals surface area contributed by atoms with E-state index >= 15 is 0 Å². The molecule has 1 saturated heterocycles. The summed E-state index contributed by atoms with van der Waals surface area (Å²) in [5.74, 6) is 1.26. The molecule has 0 spiro atoms. The molecule has 0 saturated carbocycles. The summed E-state index contributed by atoms with van der Waals surface area (Å²) in [4.78, 5) is 18.9. The molecular formula is C15H22BrN3O. The molecule has 4 nitrogen and oxygen atoms in total. The van der Waals surface area contributed by atoms with Crippen LogP contribution in [0.1, 0.15) is 37.6 Å². The molecule has 1 N–H and O–H groups in total. The highest BCUT2D eigenvalue weighted by atomic mass is 79.9. The minimum atomic E-state index is 0.0647. The molecule has 1 fully saturated rings. The standard InChI is InChI=1S/C15H22BrN3O/c1-15(2,3)10-5-6-19(9-10)14(20)12-7-11(16)8-18-13(12)17-4/h7-8,10H,5-6,9H2,1-4H3,(H,17,18). The van der Waals surface area contributed by atoms with Gasteiger partial charge in [0.05, 0.1) is 5.56 Å². The minimum absolute atomic E-state index is 0.0647. The molecule has 1 aliphatic heterocycles. The number of rotatable bonds is 2. The number of amides is 1. The average molecular weight is 340 g/mol. The fourth-order valence-electron chi connectivity index (χ4n) is 2.62. The van der Waals surface area contributed by atoms with Gasteiger partial charge in [-0.05, 0) is 39.8 Å². The molecule has 1 aromatic heterocycles. The van der Waals surface area contributed by atoms with E-state index in [1.165, 1.54) is 0 Å². The fraction of sp³-hybridized carbons (Fsp3) is 0.600. The number of nitrogens with zero attached hydrogens (tertiary/aromatic N) is 2. The van der Waals surface area contributed by atoms with Crippen LogP contribution >= 0.6 is 15.9 Å². The summed E-state index contributed by atoms with van der Waals surface area (Å²) in [6, 6.07) is 1.84. The summed E-state index contributed by atoms with van der Waals surface area (Å²) in [5, 5.41) is 2.99. The fourth-order valence-corrected chi connectivity index (χ4v) is 2.95. The van der Waals surface area contributed by atoms with Crippen molar-refractivity contribution >= 4 is 27.7 Å². The summed E-state index contributed by atoms with van der Waals surface area (Å²) in [6.07, 6.45) is 2.77. The van der Waals surface area contributed by atoms with E-state index in [9.17, 15) is 4.79 Å². The van der Waals surface area contributed by atoms with Crippen LogP contribution in [-0.2, 0) is 0 Å². The van der Waals surface area contributed by atoms with Gasteiger partial charge in [-0.15, -0.1) is 0 Å². The van der Waals surface area contributed by atoms with E-state index in [2.05, 4.69) is 47.0 Å². The van der Waals surface area contributed by atoms with Gasteiger partial charge in [0.2, 0.25) is 0 Å². The van der Waals surface area contributed by atoms with Crippen LogP contribution in [0.5, 0.6) is 0 Å². The van der Waals surface area contributed by atoms with Crippen LogP contribution in [0.25, 0.3) is 0 Å². The first kappa shape index (κ1) is 15.3. The highest BCUT2D eigenvalue weighted by molar-refractivity contribution is 9.10. The number of aromatic nitrogens is 1. The van der Waals surface area contributed by atoms with Crippen LogP contribution in [0.3, 0.4) is 0 Å². The third-order valence-electron chi connectivity index (χ3n) is 4.02. The highest BCUT2D eigenvalue weighted by Gasteiger charge is 2.34. The molecule has 2 heterocycles. The molecule has 1 unspecified atom stereocenters. The van der Waals surface area contributed by atoms with Gasteiger partial charge in [0.25, 0.3) is 5.91 Å². The van der Waals surface area contributed by atoms with Gasteiger partial charge in [-0.1, -0.05) is 20.8 Å². The zero-order valence-corrected chi connectivity index (χ0v) is 14.1. The molecule has 20 heavy (non-hydrogen) atoms. The van der Waals surface area contributed by atoms with Crippen molar-refractivity contribution in [2.75, 3.05) is 25.5 Å². The largest absolute Gasteiger partial charge is 0.372 e. The molecule has 110 valence electrons. The molecule has 1 aromatic rings. The number of carbonyl (C=O) groups is 1. The van der Waals surface area contributed by atoms with Crippen LogP contribution in [-0.4, -0.2) is 35.9 Å². The highest BCUT2D eigenvalue weighted by Crippen LogP contribution is 2.34. The Balaban J connectivity index is 2.19. The molecule has 0 aliphatic carbocycles. The Morgan fingerprint density at radius 3 is 2.75 bits per heavy atom. The number of carbonyl (C=O) groups excluding carboxylic acids is 1. The minimum Gasteiger partial charge on any atom is -0.372 e. The third kappa shape index (κ3) is 3.14. The van der Waals surface area contributed by atoms with Gasteiger partial charge in [0.15, 0.2) is 0 Å². The smallest absolute Gasteiger partial charge is 0.257 e. The molecule has 1 atom stereocenters. The number of nitrogens with one attached hydrogen (secondary N) is 1. The average Bonchev–Trinajstić information content (AvgIpc) is 2.87. The lowest BCUT2D eigenvalue weighted by atomic mass is 9.80. The van der Waals surface area contributed by atoms with Crippen LogP contribution in [0.15, 0.2) is 16.7 Å². The van der Waals surface area contributed by atoms with E-state index in [1.807, 2.05) is 11.0 Å². The molecule has 1 aliphatic rings.